The van der Waals surface area contributed by atoms with Crippen molar-refractivity contribution in [3.8, 4) is 5.75 Å². The molecule has 2 aliphatic heterocycles. The van der Waals surface area contributed by atoms with Gasteiger partial charge in [-0.3, -0.25) is 9.69 Å². The summed E-state index contributed by atoms with van der Waals surface area (Å²) in [6.45, 7) is 8.94. The maximum atomic E-state index is 11.8. The van der Waals surface area contributed by atoms with E-state index in [2.05, 4.69) is 47.1 Å². The first-order chi connectivity index (χ1) is 14.1. The molecule has 0 aromatic heterocycles. The van der Waals surface area contributed by atoms with Crippen LogP contribution in [0.1, 0.15) is 25.0 Å². The topological polar surface area (TPSA) is 36.0 Å². The van der Waals surface area contributed by atoms with E-state index < -0.39 is 0 Å². The van der Waals surface area contributed by atoms with Crippen molar-refractivity contribution in [2.45, 2.75) is 32.7 Å². The second-order valence-electron chi connectivity index (χ2n) is 8.13. The number of anilines is 2. The Balaban J connectivity index is 1.36. The molecule has 154 valence electrons. The van der Waals surface area contributed by atoms with Crippen molar-refractivity contribution in [3.05, 3.63) is 53.6 Å². The fourth-order valence-electron chi connectivity index (χ4n) is 4.67. The Hall–Kier alpha value is -2.53. The zero-order valence-corrected chi connectivity index (χ0v) is 17.7. The van der Waals surface area contributed by atoms with Gasteiger partial charge in [0.05, 0.1) is 12.8 Å². The molecule has 5 heteroatoms. The van der Waals surface area contributed by atoms with Gasteiger partial charge < -0.3 is 14.5 Å². The van der Waals surface area contributed by atoms with Gasteiger partial charge in [0.15, 0.2) is 0 Å². The maximum Gasteiger partial charge on any atom is 0.223 e. The van der Waals surface area contributed by atoms with Gasteiger partial charge in [0.1, 0.15) is 5.75 Å². The Labute approximate surface area is 173 Å². The number of nitrogens with zero attached hydrogens (tertiary/aromatic N) is 3. The summed E-state index contributed by atoms with van der Waals surface area (Å²) in [5.41, 5.74) is 4.97. The number of carbonyl (C=O) groups excluding carboxylic acids is 1. The highest BCUT2D eigenvalue weighted by atomic mass is 16.5. The Kier molecular flexibility index (Phi) is 5.76. The molecule has 1 unspecified atom stereocenters. The molecular weight excluding hydrogens is 362 g/mol. The number of hydrogen-bond acceptors (Lipinski definition) is 4. The van der Waals surface area contributed by atoms with Crippen molar-refractivity contribution >= 4 is 17.3 Å². The van der Waals surface area contributed by atoms with Crippen molar-refractivity contribution < 1.29 is 9.53 Å². The van der Waals surface area contributed by atoms with E-state index in [0.717, 1.165) is 57.0 Å². The maximum absolute atomic E-state index is 11.8. The molecular formula is C24H31N3O2. The van der Waals surface area contributed by atoms with Crippen LogP contribution in [0.25, 0.3) is 0 Å². The second kappa shape index (κ2) is 8.46. The van der Waals surface area contributed by atoms with E-state index in [1.807, 2.05) is 17.0 Å². The lowest BCUT2D eigenvalue weighted by Crippen LogP contribution is -2.50. The van der Waals surface area contributed by atoms with Gasteiger partial charge in [0.2, 0.25) is 5.91 Å². The Morgan fingerprint density at radius 1 is 1.03 bits per heavy atom. The van der Waals surface area contributed by atoms with Crippen LogP contribution < -0.4 is 14.5 Å². The smallest absolute Gasteiger partial charge is 0.223 e. The summed E-state index contributed by atoms with van der Waals surface area (Å²) in [5, 5.41) is 0. The molecule has 0 saturated carbocycles. The fraction of sp³-hybridized carbons (Fsp3) is 0.458. The van der Waals surface area contributed by atoms with E-state index in [0.29, 0.717) is 6.04 Å². The lowest BCUT2D eigenvalue weighted by molar-refractivity contribution is -0.116. The molecule has 0 bridgehead atoms. The van der Waals surface area contributed by atoms with Crippen LogP contribution in [0.15, 0.2) is 42.5 Å². The molecule has 1 saturated heterocycles. The first-order valence-electron chi connectivity index (χ1n) is 10.6. The minimum atomic E-state index is 0.137. The zero-order valence-electron chi connectivity index (χ0n) is 17.7. The summed E-state index contributed by atoms with van der Waals surface area (Å²) in [4.78, 5) is 18.7. The van der Waals surface area contributed by atoms with Gasteiger partial charge in [-0.1, -0.05) is 24.3 Å². The quantitative estimate of drug-likeness (QED) is 0.781. The second-order valence-corrected chi connectivity index (χ2v) is 8.13. The average molecular weight is 394 g/mol. The Morgan fingerprint density at radius 2 is 1.79 bits per heavy atom. The van der Waals surface area contributed by atoms with Gasteiger partial charge in [0.25, 0.3) is 0 Å². The summed E-state index contributed by atoms with van der Waals surface area (Å²) < 4.78 is 5.53. The van der Waals surface area contributed by atoms with Crippen LogP contribution in [0.3, 0.4) is 0 Å². The van der Waals surface area contributed by atoms with Crippen molar-refractivity contribution in [2.24, 2.45) is 0 Å². The number of hydrogen-bond donors (Lipinski definition) is 0. The number of carbonyl (C=O) groups is 1. The van der Waals surface area contributed by atoms with Gasteiger partial charge in [-0.25, -0.2) is 0 Å². The number of piperazine rings is 1. The van der Waals surface area contributed by atoms with Gasteiger partial charge in [-0.2, -0.15) is 0 Å². The molecule has 1 amide bonds. The predicted octanol–water partition coefficient (Wildman–Crippen LogP) is 3.36. The molecule has 2 aromatic rings. The lowest BCUT2D eigenvalue weighted by atomic mass is 10.0. The number of methoxy groups -OCH3 is 1. The number of fused-ring (bicyclic) bond motifs is 1. The number of para-hydroxylation sites is 2. The molecule has 5 nitrogen and oxygen atoms in total. The van der Waals surface area contributed by atoms with Crippen LogP contribution >= 0.6 is 0 Å². The first kappa shape index (κ1) is 19.8. The molecule has 1 atom stereocenters. The van der Waals surface area contributed by atoms with E-state index in [1.165, 1.54) is 16.8 Å². The van der Waals surface area contributed by atoms with Crippen LogP contribution in [0.4, 0.5) is 11.4 Å². The highest BCUT2D eigenvalue weighted by Crippen LogP contribution is 2.30. The van der Waals surface area contributed by atoms with E-state index in [1.54, 1.807) is 14.0 Å². The summed E-state index contributed by atoms with van der Waals surface area (Å²) in [6.07, 6.45) is 2.01. The molecule has 0 aliphatic carbocycles. The van der Waals surface area contributed by atoms with E-state index in [-0.39, 0.29) is 5.91 Å². The molecule has 0 radical (unpaired) electrons. The third kappa shape index (κ3) is 4.10. The highest BCUT2D eigenvalue weighted by molar-refractivity contribution is 5.93. The van der Waals surface area contributed by atoms with Crippen molar-refractivity contribution in [1.82, 2.24) is 4.90 Å². The SMILES string of the molecule is COc1ccccc1N1CCN(C(C)Cc2ccc3c(c2)CCN3C(C)=O)CC1. The van der Waals surface area contributed by atoms with E-state index >= 15 is 0 Å². The number of benzene rings is 2. The Bertz CT molecular complexity index is 874. The fourth-order valence-corrected chi connectivity index (χ4v) is 4.67. The summed E-state index contributed by atoms with van der Waals surface area (Å²) in [7, 11) is 1.74. The average Bonchev–Trinajstić information content (AvgIpc) is 3.17. The van der Waals surface area contributed by atoms with Crippen molar-refractivity contribution in [3.63, 3.8) is 0 Å². The minimum Gasteiger partial charge on any atom is -0.495 e. The van der Waals surface area contributed by atoms with Gasteiger partial charge in [0, 0.05) is 51.4 Å². The lowest BCUT2D eigenvalue weighted by Gasteiger charge is -2.39. The van der Waals surface area contributed by atoms with Crippen molar-refractivity contribution in [1.29, 1.82) is 0 Å². The predicted molar refractivity (Wildman–Crippen MR) is 118 cm³/mol. The van der Waals surface area contributed by atoms with Gasteiger partial charge in [-0.15, -0.1) is 0 Å². The number of amides is 1. The molecule has 29 heavy (non-hydrogen) atoms. The van der Waals surface area contributed by atoms with E-state index in [9.17, 15) is 4.79 Å². The minimum absolute atomic E-state index is 0.137. The van der Waals surface area contributed by atoms with Crippen LogP contribution in [0.2, 0.25) is 0 Å². The normalized spacial score (nSPS) is 17.9. The molecule has 4 rings (SSSR count). The van der Waals surface area contributed by atoms with Crippen LogP contribution in [-0.2, 0) is 17.6 Å². The van der Waals surface area contributed by atoms with Crippen LogP contribution in [0.5, 0.6) is 5.75 Å². The number of ether oxygens (including phenoxy) is 1. The molecule has 0 N–H and O–H groups in total. The molecule has 1 fully saturated rings. The van der Waals surface area contributed by atoms with E-state index in [4.69, 9.17) is 4.74 Å². The van der Waals surface area contributed by atoms with Crippen LogP contribution in [0, 0.1) is 0 Å². The third-order valence-corrected chi connectivity index (χ3v) is 6.31. The number of rotatable bonds is 5. The first-order valence-corrected chi connectivity index (χ1v) is 10.6. The largest absolute Gasteiger partial charge is 0.495 e. The Morgan fingerprint density at radius 3 is 2.52 bits per heavy atom. The standard InChI is InChI=1S/C24H31N3O2/c1-18(16-20-8-9-22-21(17-20)10-11-27(22)19(2)28)25-12-14-26(15-13-25)23-6-4-5-7-24(23)29-3/h4-9,17-18H,10-16H2,1-3H3. The summed E-state index contributed by atoms with van der Waals surface area (Å²) in [6, 6.07) is 15.4. The highest BCUT2D eigenvalue weighted by Gasteiger charge is 2.25. The molecule has 0 spiro atoms. The molecule has 2 aliphatic rings. The monoisotopic (exact) mass is 393 g/mol. The van der Waals surface area contributed by atoms with Gasteiger partial charge >= 0.3 is 0 Å². The summed E-state index contributed by atoms with van der Waals surface area (Å²) in [5.74, 6) is 1.09. The molecule has 2 aromatic carbocycles. The third-order valence-electron chi connectivity index (χ3n) is 6.31. The van der Waals surface area contributed by atoms with Gasteiger partial charge in [-0.05, 0) is 49.1 Å². The summed E-state index contributed by atoms with van der Waals surface area (Å²) >= 11 is 0. The van der Waals surface area contributed by atoms with Crippen LogP contribution in [-0.4, -0.2) is 56.7 Å². The zero-order chi connectivity index (χ0) is 20.4. The molecule has 2 heterocycles. The van der Waals surface area contributed by atoms with Crippen molar-refractivity contribution in [2.75, 3.05) is 49.6 Å².